The number of methoxy groups -OCH3 is 3. The first kappa shape index (κ1) is 20.0. The predicted octanol–water partition coefficient (Wildman–Crippen LogP) is 3.43. The molecule has 1 aromatic heterocycles. The van der Waals surface area contributed by atoms with Crippen molar-refractivity contribution in [1.82, 2.24) is 9.55 Å². The molecule has 0 aliphatic rings. The van der Waals surface area contributed by atoms with Crippen LogP contribution in [0, 0.1) is 0 Å². The van der Waals surface area contributed by atoms with Gasteiger partial charge in [0.15, 0.2) is 5.16 Å². The van der Waals surface area contributed by atoms with Crippen LogP contribution in [0.25, 0.3) is 11.0 Å². The maximum atomic E-state index is 12.5. The van der Waals surface area contributed by atoms with Gasteiger partial charge in [-0.25, -0.2) is 4.98 Å². The molecule has 3 rings (SSSR count). The van der Waals surface area contributed by atoms with Crippen LogP contribution in [0.1, 0.15) is 0 Å². The van der Waals surface area contributed by atoms with Crippen molar-refractivity contribution in [1.29, 1.82) is 0 Å². The van der Waals surface area contributed by atoms with E-state index in [1.807, 2.05) is 24.3 Å². The fourth-order valence-corrected chi connectivity index (χ4v) is 3.62. The van der Waals surface area contributed by atoms with Crippen LogP contribution in [0.15, 0.2) is 47.6 Å². The number of ether oxygens (including phenoxy) is 3. The topological polar surface area (TPSA) is 74.6 Å². The SMILES string of the molecule is COCCn1c(SCC(=O)Nc2ccc(OC)cc2OC)nc2ccccc21. The molecule has 0 saturated carbocycles. The highest BCUT2D eigenvalue weighted by Crippen LogP contribution is 2.29. The van der Waals surface area contributed by atoms with Gasteiger partial charge in [-0.15, -0.1) is 0 Å². The number of para-hydroxylation sites is 2. The Morgan fingerprint density at radius 1 is 1.14 bits per heavy atom. The second-order valence-corrected chi connectivity index (χ2v) is 6.87. The van der Waals surface area contributed by atoms with Gasteiger partial charge in [-0.05, 0) is 24.3 Å². The minimum absolute atomic E-state index is 0.140. The predicted molar refractivity (Wildman–Crippen MR) is 111 cm³/mol. The molecule has 7 nitrogen and oxygen atoms in total. The number of anilines is 1. The number of carbonyl (C=O) groups is 1. The van der Waals surface area contributed by atoms with Crippen LogP contribution in [-0.4, -0.2) is 49.1 Å². The highest BCUT2D eigenvalue weighted by molar-refractivity contribution is 7.99. The van der Waals surface area contributed by atoms with Crippen LogP contribution in [-0.2, 0) is 16.1 Å². The summed E-state index contributed by atoms with van der Waals surface area (Å²) >= 11 is 1.39. The Balaban J connectivity index is 1.71. The maximum Gasteiger partial charge on any atom is 0.234 e. The molecule has 3 aromatic rings. The molecular weight excluding hydrogens is 378 g/mol. The largest absolute Gasteiger partial charge is 0.497 e. The number of aromatic nitrogens is 2. The summed E-state index contributed by atoms with van der Waals surface area (Å²) in [5.41, 5.74) is 2.53. The molecule has 8 heteroatoms. The Hall–Kier alpha value is -2.71. The molecule has 28 heavy (non-hydrogen) atoms. The van der Waals surface area contributed by atoms with Gasteiger partial charge in [0.25, 0.3) is 0 Å². The molecule has 0 fully saturated rings. The summed E-state index contributed by atoms with van der Waals surface area (Å²) in [7, 11) is 4.80. The number of thioether (sulfide) groups is 1. The smallest absolute Gasteiger partial charge is 0.234 e. The average molecular weight is 401 g/mol. The summed E-state index contributed by atoms with van der Waals surface area (Å²) in [6.07, 6.45) is 0. The highest BCUT2D eigenvalue weighted by atomic mass is 32.2. The summed E-state index contributed by atoms with van der Waals surface area (Å²) in [4.78, 5) is 17.1. The highest BCUT2D eigenvalue weighted by Gasteiger charge is 2.14. The normalized spacial score (nSPS) is 10.8. The lowest BCUT2D eigenvalue weighted by atomic mass is 10.2. The Morgan fingerprint density at radius 2 is 1.96 bits per heavy atom. The lowest BCUT2D eigenvalue weighted by Crippen LogP contribution is -2.15. The van der Waals surface area contributed by atoms with Gasteiger partial charge in [0.1, 0.15) is 11.5 Å². The zero-order valence-electron chi connectivity index (χ0n) is 16.1. The molecule has 148 valence electrons. The van der Waals surface area contributed by atoms with E-state index in [2.05, 4.69) is 14.9 Å². The van der Waals surface area contributed by atoms with E-state index in [1.165, 1.54) is 11.8 Å². The van der Waals surface area contributed by atoms with E-state index in [-0.39, 0.29) is 11.7 Å². The monoisotopic (exact) mass is 401 g/mol. The Bertz CT molecular complexity index is 958. The summed E-state index contributed by atoms with van der Waals surface area (Å²) in [6.45, 7) is 1.25. The molecule has 1 heterocycles. The molecule has 0 aliphatic carbocycles. The molecule has 0 aliphatic heterocycles. The van der Waals surface area contributed by atoms with Gasteiger partial charge in [-0.2, -0.15) is 0 Å². The number of benzene rings is 2. The summed E-state index contributed by atoms with van der Waals surface area (Å²) in [5.74, 6) is 1.30. The lowest BCUT2D eigenvalue weighted by Gasteiger charge is -2.12. The molecule has 1 amide bonds. The van der Waals surface area contributed by atoms with Gasteiger partial charge >= 0.3 is 0 Å². The van der Waals surface area contributed by atoms with Crippen LogP contribution < -0.4 is 14.8 Å². The molecule has 0 saturated heterocycles. The van der Waals surface area contributed by atoms with E-state index < -0.39 is 0 Å². The zero-order valence-corrected chi connectivity index (χ0v) is 16.9. The first-order valence-electron chi connectivity index (χ1n) is 8.75. The van der Waals surface area contributed by atoms with Crippen molar-refractivity contribution in [3.8, 4) is 11.5 Å². The van der Waals surface area contributed by atoms with Crippen LogP contribution in [0.3, 0.4) is 0 Å². The second-order valence-electron chi connectivity index (χ2n) is 5.93. The first-order valence-corrected chi connectivity index (χ1v) is 9.73. The van der Waals surface area contributed by atoms with Crippen LogP contribution >= 0.6 is 11.8 Å². The Kier molecular flexibility index (Phi) is 6.78. The number of rotatable bonds is 9. The third kappa shape index (κ3) is 4.58. The number of nitrogens with zero attached hydrogens (tertiary/aromatic N) is 2. The average Bonchev–Trinajstić information content (AvgIpc) is 3.08. The molecule has 0 spiro atoms. The molecule has 0 unspecified atom stereocenters. The van der Waals surface area contributed by atoms with Gasteiger partial charge in [-0.1, -0.05) is 23.9 Å². The van der Waals surface area contributed by atoms with E-state index in [1.54, 1.807) is 39.5 Å². The van der Waals surface area contributed by atoms with Gasteiger partial charge in [-0.3, -0.25) is 4.79 Å². The molecule has 2 aromatic carbocycles. The van der Waals surface area contributed by atoms with Crippen molar-refractivity contribution in [3.63, 3.8) is 0 Å². The third-order valence-corrected chi connectivity index (χ3v) is 5.13. The number of carbonyl (C=O) groups excluding carboxylic acids is 1. The molecule has 0 radical (unpaired) electrons. The second kappa shape index (κ2) is 9.48. The van der Waals surface area contributed by atoms with Gasteiger partial charge < -0.3 is 24.1 Å². The van der Waals surface area contributed by atoms with Crippen molar-refractivity contribution in [2.75, 3.05) is 39.0 Å². The Morgan fingerprint density at radius 3 is 2.71 bits per heavy atom. The minimum atomic E-state index is -0.140. The number of hydrogen-bond donors (Lipinski definition) is 1. The van der Waals surface area contributed by atoms with Crippen molar-refractivity contribution in [2.45, 2.75) is 11.7 Å². The van der Waals surface area contributed by atoms with Crippen molar-refractivity contribution < 1.29 is 19.0 Å². The summed E-state index contributed by atoms with van der Waals surface area (Å²) in [5, 5.41) is 3.66. The minimum Gasteiger partial charge on any atom is -0.497 e. The van der Waals surface area contributed by atoms with Crippen molar-refractivity contribution in [2.24, 2.45) is 0 Å². The zero-order chi connectivity index (χ0) is 19.9. The van der Waals surface area contributed by atoms with Crippen molar-refractivity contribution in [3.05, 3.63) is 42.5 Å². The van der Waals surface area contributed by atoms with E-state index in [9.17, 15) is 4.79 Å². The van der Waals surface area contributed by atoms with E-state index >= 15 is 0 Å². The van der Waals surface area contributed by atoms with Crippen LogP contribution in [0.2, 0.25) is 0 Å². The molecule has 0 atom stereocenters. The van der Waals surface area contributed by atoms with E-state index in [0.29, 0.717) is 30.3 Å². The van der Waals surface area contributed by atoms with Crippen molar-refractivity contribution >= 4 is 34.4 Å². The van der Waals surface area contributed by atoms with Gasteiger partial charge in [0.05, 0.1) is 43.3 Å². The maximum absolute atomic E-state index is 12.5. The van der Waals surface area contributed by atoms with Gasteiger partial charge in [0, 0.05) is 19.7 Å². The summed E-state index contributed by atoms with van der Waals surface area (Å²) in [6, 6.07) is 13.2. The fraction of sp³-hybridized carbons (Fsp3) is 0.300. The number of imidazole rings is 1. The molecular formula is C20H23N3O4S. The number of fused-ring (bicyclic) bond motifs is 1. The van der Waals surface area contributed by atoms with E-state index in [4.69, 9.17) is 14.2 Å². The number of amides is 1. The lowest BCUT2D eigenvalue weighted by molar-refractivity contribution is -0.113. The number of nitrogens with one attached hydrogen (secondary N) is 1. The van der Waals surface area contributed by atoms with Gasteiger partial charge in [0.2, 0.25) is 5.91 Å². The van der Waals surface area contributed by atoms with Crippen LogP contribution in [0.5, 0.6) is 11.5 Å². The number of hydrogen-bond acceptors (Lipinski definition) is 6. The summed E-state index contributed by atoms with van der Waals surface area (Å²) < 4.78 is 17.8. The fourth-order valence-electron chi connectivity index (χ4n) is 2.78. The molecule has 1 N–H and O–H groups in total. The first-order chi connectivity index (χ1) is 13.7. The third-order valence-electron chi connectivity index (χ3n) is 4.15. The quantitative estimate of drug-likeness (QED) is 0.554. The Labute approximate surface area is 168 Å². The van der Waals surface area contributed by atoms with Crippen LogP contribution in [0.4, 0.5) is 5.69 Å². The van der Waals surface area contributed by atoms with E-state index in [0.717, 1.165) is 16.2 Å². The standard InChI is InChI=1S/C20H23N3O4S/c1-25-11-10-23-17-7-5-4-6-15(17)22-20(23)28-13-19(24)21-16-9-8-14(26-2)12-18(16)27-3/h4-9,12H,10-11,13H2,1-3H3,(H,21,24). The molecule has 0 bridgehead atoms.